The van der Waals surface area contributed by atoms with E-state index in [0.29, 0.717) is 16.8 Å². The summed E-state index contributed by atoms with van der Waals surface area (Å²) in [7, 11) is 0. The monoisotopic (exact) mass is 458 g/mol. The smallest absolute Gasteiger partial charge is 0.258 e. The predicted octanol–water partition coefficient (Wildman–Crippen LogP) is 5.70. The Balaban J connectivity index is 1.54. The first kappa shape index (κ1) is 20.6. The number of rotatable bonds is 6. The van der Waals surface area contributed by atoms with Crippen LogP contribution in [0.4, 0.5) is 0 Å². The lowest BCUT2D eigenvalue weighted by molar-refractivity contribution is 0.397. The number of thiocarbonyl (C=S) groups is 1. The average molecular weight is 459 g/mol. The second kappa shape index (κ2) is 9.06. The molecule has 7 heteroatoms. The van der Waals surface area contributed by atoms with Crippen molar-refractivity contribution in [2.45, 2.75) is 19.4 Å². The van der Waals surface area contributed by atoms with E-state index in [2.05, 4.69) is 58.7 Å². The summed E-state index contributed by atoms with van der Waals surface area (Å²) >= 11 is 7.38. The molecular weight excluding hydrogens is 436 g/mol. The van der Waals surface area contributed by atoms with E-state index in [9.17, 15) is 0 Å². The van der Waals surface area contributed by atoms with E-state index in [-0.39, 0.29) is 6.04 Å². The Labute approximate surface area is 196 Å². The highest BCUT2D eigenvalue weighted by Gasteiger charge is 2.33. The van der Waals surface area contributed by atoms with Crippen molar-refractivity contribution >= 4 is 34.2 Å². The fourth-order valence-electron chi connectivity index (χ4n) is 3.95. The number of hydrogen-bond donors (Lipinski definition) is 1. The van der Waals surface area contributed by atoms with E-state index in [1.807, 2.05) is 41.8 Å². The third-order valence-electron chi connectivity index (χ3n) is 5.59. The van der Waals surface area contributed by atoms with Crippen molar-refractivity contribution in [3.05, 3.63) is 101 Å². The van der Waals surface area contributed by atoms with Crippen LogP contribution in [0.15, 0.2) is 88.4 Å². The first-order valence-electron chi connectivity index (χ1n) is 10.5. The highest BCUT2D eigenvalue weighted by molar-refractivity contribution is 7.80. The molecule has 0 radical (unpaired) electrons. The zero-order valence-electron chi connectivity index (χ0n) is 17.6. The van der Waals surface area contributed by atoms with Crippen molar-refractivity contribution in [3.8, 4) is 10.7 Å². The van der Waals surface area contributed by atoms with Gasteiger partial charge in [-0.25, -0.2) is 0 Å². The maximum Gasteiger partial charge on any atom is 0.258 e. The average Bonchev–Trinajstić information content (AvgIpc) is 3.52. The zero-order chi connectivity index (χ0) is 21.9. The minimum absolute atomic E-state index is 0.159. The number of thiophene rings is 1. The SMILES string of the molecule is CC1=C(c2nc(-c3cccs3)no2)C(c2ccccc2)NC(=S)N1CCc1ccccc1. The van der Waals surface area contributed by atoms with E-state index in [0.717, 1.165) is 34.7 Å². The van der Waals surface area contributed by atoms with Gasteiger partial charge < -0.3 is 14.7 Å². The fourth-order valence-corrected chi connectivity index (χ4v) is 4.94. The summed E-state index contributed by atoms with van der Waals surface area (Å²) in [6, 6.07) is 24.5. The lowest BCUT2D eigenvalue weighted by Gasteiger charge is -2.37. The van der Waals surface area contributed by atoms with Gasteiger partial charge in [0.2, 0.25) is 5.82 Å². The molecule has 0 fully saturated rings. The van der Waals surface area contributed by atoms with Crippen LogP contribution in [0.3, 0.4) is 0 Å². The van der Waals surface area contributed by atoms with Crippen LogP contribution < -0.4 is 5.32 Å². The van der Waals surface area contributed by atoms with E-state index in [1.165, 1.54) is 5.56 Å². The Kier molecular flexibility index (Phi) is 5.83. The first-order valence-corrected chi connectivity index (χ1v) is 11.7. The van der Waals surface area contributed by atoms with Gasteiger partial charge in [0.1, 0.15) is 0 Å². The number of allylic oxidation sites excluding steroid dienone is 1. The number of hydrogen-bond acceptors (Lipinski definition) is 5. The molecule has 1 aliphatic heterocycles. The van der Waals surface area contributed by atoms with Crippen molar-refractivity contribution in [1.29, 1.82) is 0 Å². The molecule has 32 heavy (non-hydrogen) atoms. The van der Waals surface area contributed by atoms with Crippen LogP contribution in [-0.2, 0) is 6.42 Å². The summed E-state index contributed by atoms with van der Waals surface area (Å²) in [5.41, 5.74) is 4.35. The third-order valence-corrected chi connectivity index (χ3v) is 6.80. The normalized spacial score (nSPS) is 16.3. The van der Waals surface area contributed by atoms with Gasteiger partial charge in [0.25, 0.3) is 5.89 Å². The molecule has 1 atom stereocenters. The van der Waals surface area contributed by atoms with Crippen LogP contribution in [0, 0.1) is 0 Å². The predicted molar refractivity (Wildman–Crippen MR) is 132 cm³/mol. The van der Waals surface area contributed by atoms with Gasteiger partial charge in [0.15, 0.2) is 5.11 Å². The summed E-state index contributed by atoms with van der Waals surface area (Å²) in [5, 5.41) is 10.5. The molecule has 1 N–H and O–H groups in total. The second-order valence-corrected chi connectivity index (χ2v) is 8.91. The third kappa shape index (κ3) is 4.09. The number of nitrogens with zero attached hydrogens (tertiary/aromatic N) is 3. The van der Waals surface area contributed by atoms with Gasteiger partial charge in [0, 0.05) is 12.2 Å². The van der Waals surface area contributed by atoms with Crippen molar-refractivity contribution in [3.63, 3.8) is 0 Å². The lowest BCUT2D eigenvalue weighted by atomic mass is 9.94. The van der Waals surface area contributed by atoms with Gasteiger partial charge in [-0.2, -0.15) is 4.98 Å². The molecule has 2 aromatic carbocycles. The standard InChI is InChI=1S/C25H22N4OS2/c1-17-21(24-27-23(28-30-24)20-13-8-16-32-20)22(19-11-6-3-7-12-19)26-25(31)29(17)15-14-18-9-4-2-5-10-18/h2-13,16,22H,14-15H2,1H3,(H,26,31). The maximum atomic E-state index is 5.79. The van der Waals surface area contributed by atoms with E-state index < -0.39 is 0 Å². The van der Waals surface area contributed by atoms with Crippen molar-refractivity contribution in [1.82, 2.24) is 20.4 Å². The van der Waals surface area contributed by atoms with Crippen LogP contribution in [0.2, 0.25) is 0 Å². The fraction of sp³-hybridized carbons (Fsp3) is 0.160. The molecule has 0 saturated carbocycles. The quantitative estimate of drug-likeness (QED) is 0.374. The molecule has 4 aromatic rings. The molecule has 160 valence electrons. The van der Waals surface area contributed by atoms with E-state index in [4.69, 9.17) is 21.7 Å². The summed E-state index contributed by atoms with van der Waals surface area (Å²) < 4.78 is 5.77. The topological polar surface area (TPSA) is 54.2 Å². The van der Waals surface area contributed by atoms with Gasteiger partial charge in [0.05, 0.1) is 16.5 Å². The second-order valence-electron chi connectivity index (χ2n) is 7.58. The van der Waals surface area contributed by atoms with Crippen LogP contribution in [0.1, 0.15) is 30.0 Å². The van der Waals surface area contributed by atoms with Gasteiger partial charge in [-0.05, 0) is 48.1 Å². The molecule has 0 spiro atoms. The maximum absolute atomic E-state index is 5.79. The van der Waals surface area contributed by atoms with Crippen LogP contribution in [0.25, 0.3) is 16.3 Å². The van der Waals surface area contributed by atoms with E-state index in [1.54, 1.807) is 11.3 Å². The molecule has 5 nitrogen and oxygen atoms in total. The Hall–Kier alpha value is -3.29. The van der Waals surface area contributed by atoms with Crippen LogP contribution in [0.5, 0.6) is 0 Å². The molecule has 5 rings (SSSR count). The van der Waals surface area contributed by atoms with Gasteiger partial charge in [-0.15, -0.1) is 11.3 Å². The van der Waals surface area contributed by atoms with E-state index >= 15 is 0 Å². The number of nitrogens with one attached hydrogen (secondary N) is 1. The number of benzene rings is 2. The summed E-state index contributed by atoms with van der Waals surface area (Å²) in [6.07, 6.45) is 0.883. The van der Waals surface area contributed by atoms with Crippen LogP contribution >= 0.6 is 23.6 Å². The molecule has 1 unspecified atom stereocenters. The Morgan fingerprint density at radius 2 is 1.78 bits per heavy atom. The molecule has 0 amide bonds. The molecule has 3 heterocycles. The molecule has 1 aliphatic rings. The highest BCUT2D eigenvalue weighted by Crippen LogP contribution is 2.37. The van der Waals surface area contributed by atoms with Crippen molar-refractivity contribution in [2.24, 2.45) is 0 Å². The Morgan fingerprint density at radius 3 is 2.50 bits per heavy atom. The molecule has 2 aromatic heterocycles. The largest absolute Gasteiger partial charge is 0.351 e. The Bertz CT molecular complexity index is 1230. The molecule has 0 aliphatic carbocycles. The minimum Gasteiger partial charge on any atom is -0.351 e. The minimum atomic E-state index is -0.159. The molecule has 0 bridgehead atoms. The molecule has 0 saturated heterocycles. The molecular formula is C25H22N4OS2. The lowest BCUT2D eigenvalue weighted by Crippen LogP contribution is -2.46. The first-order chi connectivity index (χ1) is 15.7. The van der Waals surface area contributed by atoms with Gasteiger partial charge >= 0.3 is 0 Å². The van der Waals surface area contributed by atoms with Gasteiger partial charge in [-0.1, -0.05) is 71.9 Å². The van der Waals surface area contributed by atoms with Gasteiger partial charge in [-0.3, -0.25) is 0 Å². The Morgan fingerprint density at radius 1 is 1.03 bits per heavy atom. The zero-order valence-corrected chi connectivity index (χ0v) is 19.2. The summed E-state index contributed by atoms with van der Waals surface area (Å²) in [4.78, 5) is 7.86. The van der Waals surface area contributed by atoms with Crippen LogP contribution in [-0.4, -0.2) is 26.7 Å². The summed E-state index contributed by atoms with van der Waals surface area (Å²) in [5.74, 6) is 1.12. The number of aromatic nitrogens is 2. The summed E-state index contributed by atoms with van der Waals surface area (Å²) in [6.45, 7) is 2.84. The van der Waals surface area contributed by atoms with Crippen molar-refractivity contribution in [2.75, 3.05) is 6.54 Å². The highest BCUT2D eigenvalue weighted by atomic mass is 32.1. The van der Waals surface area contributed by atoms with Crippen molar-refractivity contribution < 1.29 is 4.52 Å².